The highest BCUT2D eigenvalue weighted by Crippen LogP contribution is 2.27. The molecule has 1 aliphatic rings. The highest BCUT2D eigenvalue weighted by atomic mass is 16.2. The molecule has 21 heavy (non-hydrogen) atoms. The number of amides is 2. The zero-order valence-electron chi connectivity index (χ0n) is 11.7. The van der Waals surface area contributed by atoms with Crippen molar-refractivity contribution >= 4 is 17.5 Å². The molecule has 0 spiro atoms. The summed E-state index contributed by atoms with van der Waals surface area (Å²) in [6, 6.07) is 9.28. The second-order valence-electron chi connectivity index (χ2n) is 5.04. The Morgan fingerprint density at radius 2 is 2.14 bits per heavy atom. The Bertz CT molecular complexity index is 678. The van der Waals surface area contributed by atoms with Crippen LogP contribution in [-0.4, -0.2) is 27.6 Å². The third-order valence-electron chi connectivity index (χ3n) is 3.56. The van der Waals surface area contributed by atoms with E-state index in [0.717, 1.165) is 11.3 Å². The Balaban J connectivity index is 1.84. The minimum absolute atomic E-state index is 0.0791. The van der Waals surface area contributed by atoms with Gasteiger partial charge in [-0.2, -0.15) is 5.10 Å². The SMILES string of the molecule is Cn1ncc(NC(=O)C2CCC(=O)N2)c1-c1ccccc1. The predicted molar refractivity (Wildman–Crippen MR) is 78.4 cm³/mol. The van der Waals surface area contributed by atoms with Crippen LogP contribution in [0.3, 0.4) is 0 Å². The summed E-state index contributed by atoms with van der Waals surface area (Å²) in [6.07, 6.45) is 2.55. The number of benzene rings is 1. The van der Waals surface area contributed by atoms with Crippen molar-refractivity contribution in [3.8, 4) is 11.3 Å². The van der Waals surface area contributed by atoms with Crippen molar-refractivity contribution in [3.63, 3.8) is 0 Å². The number of nitrogens with one attached hydrogen (secondary N) is 2. The van der Waals surface area contributed by atoms with Gasteiger partial charge in [-0.05, 0) is 6.42 Å². The van der Waals surface area contributed by atoms with Gasteiger partial charge in [-0.25, -0.2) is 0 Å². The molecule has 2 amide bonds. The molecule has 1 saturated heterocycles. The van der Waals surface area contributed by atoms with E-state index >= 15 is 0 Å². The summed E-state index contributed by atoms with van der Waals surface area (Å²) in [5, 5.41) is 9.72. The number of carbonyl (C=O) groups is 2. The molecular formula is C15H16N4O2. The van der Waals surface area contributed by atoms with E-state index in [9.17, 15) is 9.59 Å². The van der Waals surface area contributed by atoms with Crippen molar-refractivity contribution in [2.75, 3.05) is 5.32 Å². The smallest absolute Gasteiger partial charge is 0.247 e. The summed E-state index contributed by atoms with van der Waals surface area (Å²) in [6.45, 7) is 0. The van der Waals surface area contributed by atoms with E-state index in [-0.39, 0.29) is 11.8 Å². The lowest BCUT2D eigenvalue weighted by Crippen LogP contribution is -2.37. The van der Waals surface area contributed by atoms with Crippen molar-refractivity contribution in [3.05, 3.63) is 36.5 Å². The Hall–Kier alpha value is -2.63. The van der Waals surface area contributed by atoms with Gasteiger partial charge in [-0.1, -0.05) is 30.3 Å². The van der Waals surface area contributed by atoms with Crippen LogP contribution in [0.15, 0.2) is 36.5 Å². The Morgan fingerprint density at radius 3 is 2.81 bits per heavy atom. The lowest BCUT2D eigenvalue weighted by atomic mass is 10.1. The highest BCUT2D eigenvalue weighted by Gasteiger charge is 2.28. The molecular weight excluding hydrogens is 268 g/mol. The molecule has 1 unspecified atom stereocenters. The molecule has 1 fully saturated rings. The molecule has 6 nitrogen and oxygen atoms in total. The maximum atomic E-state index is 12.2. The number of anilines is 1. The van der Waals surface area contributed by atoms with E-state index < -0.39 is 6.04 Å². The molecule has 1 aromatic carbocycles. The van der Waals surface area contributed by atoms with Crippen LogP contribution in [0.5, 0.6) is 0 Å². The van der Waals surface area contributed by atoms with Gasteiger partial charge in [0, 0.05) is 19.0 Å². The molecule has 0 bridgehead atoms. The van der Waals surface area contributed by atoms with Crippen molar-refractivity contribution < 1.29 is 9.59 Å². The molecule has 108 valence electrons. The third-order valence-corrected chi connectivity index (χ3v) is 3.56. The number of hydrogen-bond acceptors (Lipinski definition) is 3. The second kappa shape index (κ2) is 5.40. The standard InChI is InChI=1S/C15H16N4O2/c1-19-14(10-5-3-2-4-6-10)12(9-16-19)18-15(21)11-7-8-13(20)17-11/h2-6,9,11H,7-8H2,1H3,(H,17,20)(H,18,21). The largest absolute Gasteiger partial charge is 0.344 e. The van der Waals surface area contributed by atoms with Gasteiger partial charge in [0.05, 0.1) is 17.6 Å². The van der Waals surface area contributed by atoms with Crippen molar-refractivity contribution in [2.24, 2.45) is 7.05 Å². The molecule has 1 aromatic heterocycles. The fourth-order valence-corrected chi connectivity index (χ4v) is 2.50. The first-order chi connectivity index (χ1) is 10.1. The number of aromatic nitrogens is 2. The molecule has 2 N–H and O–H groups in total. The first-order valence-corrected chi connectivity index (χ1v) is 6.83. The van der Waals surface area contributed by atoms with Gasteiger partial charge in [0.15, 0.2) is 0 Å². The van der Waals surface area contributed by atoms with Gasteiger partial charge >= 0.3 is 0 Å². The fourth-order valence-electron chi connectivity index (χ4n) is 2.50. The molecule has 0 saturated carbocycles. The summed E-state index contributed by atoms with van der Waals surface area (Å²) < 4.78 is 1.72. The van der Waals surface area contributed by atoms with Crippen LogP contribution in [0.2, 0.25) is 0 Å². The molecule has 2 heterocycles. The quantitative estimate of drug-likeness (QED) is 0.892. The fraction of sp³-hybridized carbons (Fsp3) is 0.267. The maximum absolute atomic E-state index is 12.2. The average Bonchev–Trinajstić information content (AvgIpc) is 3.06. The predicted octanol–water partition coefficient (Wildman–Crippen LogP) is 1.30. The molecule has 2 aromatic rings. The average molecular weight is 284 g/mol. The van der Waals surface area contributed by atoms with Crippen LogP contribution in [0.1, 0.15) is 12.8 Å². The van der Waals surface area contributed by atoms with Crippen LogP contribution < -0.4 is 10.6 Å². The first kappa shape index (κ1) is 13.4. The van der Waals surface area contributed by atoms with Crippen molar-refractivity contribution in [1.29, 1.82) is 0 Å². The summed E-state index contributed by atoms with van der Waals surface area (Å²) in [7, 11) is 1.83. The van der Waals surface area contributed by atoms with Crippen molar-refractivity contribution in [1.82, 2.24) is 15.1 Å². The van der Waals surface area contributed by atoms with Crippen LogP contribution in [0, 0.1) is 0 Å². The third kappa shape index (κ3) is 2.65. The van der Waals surface area contributed by atoms with E-state index in [1.54, 1.807) is 10.9 Å². The Kier molecular flexibility index (Phi) is 3.43. The maximum Gasteiger partial charge on any atom is 0.247 e. The molecule has 0 aliphatic carbocycles. The number of nitrogens with zero attached hydrogens (tertiary/aromatic N) is 2. The van der Waals surface area contributed by atoms with Crippen LogP contribution in [0.4, 0.5) is 5.69 Å². The normalized spacial score (nSPS) is 17.6. The molecule has 3 rings (SSSR count). The molecule has 0 radical (unpaired) electrons. The van der Waals surface area contributed by atoms with Gasteiger partial charge in [-0.3, -0.25) is 14.3 Å². The number of rotatable bonds is 3. The number of hydrogen-bond donors (Lipinski definition) is 2. The number of carbonyl (C=O) groups excluding carboxylic acids is 2. The van der Waals surface area contributed by atoms with E-state index in [4.69, 9.17) is 0 Å². The second-order valence-corrected chi connectivity index (χ2v) is 5.04. The minimum atomic E-state index is -0.457. The lowest BCUT2D eigenvalue weighted by Gasteiger charge is -2.12. The van der Waals surface area contributed by atoms with Crippen LogP contribution in [0.25, 0.3) is 11.3 Å². The summed E-state index contributed by atoms with van der Waals surface area (Å²) in [5.41, 5.74) is 2.46. The summed E-state index contributed by atoms with van der Waals surface area (Å²) >= 11 is 0. The number of aryl methyl sites for hydroxylation is 1. The Labute approximate surface area is 122 Å². The summed E-state index contributed by atoms with van der Waals surface area (Å²) in [5.74, 6) is -0.282. The molecule has 1 aliphatic heterocycles. The topological polar surface area (TPSA) is 76.0 Å². The minimum Gasteiger partial charge on any atom is -0.344 e. The van der Waals surface area contributed by atoms with E-state index in [1.165, 1.54) is 0 Å². The van der Waals surface area contributed by atoms with Crippen LogP contribution >= 0.6 is 0 Å². The van der Waals surface area contributed by atoms with Crippen molar-refractivity contribution in [2.45, 2.75) is 18.9 Å². The Morgan fingerprint density at radius 1 is 1.38 bits per heavy atom. The van der Waals surface area contributed by atoms with Gasteiger partial charge < -0.3 is 10.6 Å². The molecule has 6 heteroatoms. The summed E-state index contributed by atoms with van der Waals surface area (Å²) in [4.78, 5) is 23.4. The molecule has 1 atom stereocenters. The van der Waals surface area contributed by atoms with Gasteiger partial charge in [0.1, 0.15) is 6.04 Å². The van der Waals surface area contributed by atoms with Gasteiger partial charge in [0.2, 0.25) is 11.8 Å². The van der Waals surface area contributed by atoms with E-state index in [2.05, 4.69) is 15.7 Å². The zero-order chi connectivity index (χ0) is 14.8. The van der Waals surface area contributed by atoms with E-state index in [0.29, 0.717) is 18.5 Å². The van der Waals surface area contributed by atoms with Gasteiger partial charge in [-0.15, -0.1) is 0 Å². The van der Waals surface area contributed by atoms with Crippen LogP contribution in [-0.2, 0) is 16.6 Å². The lowest BCUT2D eigenvalue weighted by molar-refractivity contribution is -0.122. The highest BCUT2D eigenvalue weighted by molar-refractivity contribution is 6.01. The van der Waals surface area contributed by atoms with E-state index in [1.807, 2.05) is 37.4 Å². The first-order valence-electron chi connectivity index (χ1n) is 6.83. The zero-order valence-corrected chi connectivity index (χ0v) is 11.7. The van der Waals surface area contributed by atoms with Gasteiger partial charge in [0.25, 0.3) is 0 Å². The monoisotopic (exact) mass is 284 g/mol.